The van der Waals surface area contributed by atoms with E-state index in [1.807, 2.05) is 23.1 Å². The second-order valence-electron chi connectivity index (χ2n) is 7.07. The topological polar surface area (TPSA) is 20.3 Å². The van der Waals surface area contributed by atoms with Crippen molar-refractivity contribution in [2.45, 2.75) is 39.2 Å². The van der Waals surface area contributed by atoms with Crippen molar-refractivity contribution in [3.8, 4) is 0 Å². The van der Waals surface area contributed by atoms with Gasteiger partial charge in [-0.05, 0) is 40.7 Å². The molecular weight excluding hydrogens is 270 g/mol. The summed E-state index contributed by atoms with van der Waals surface area (Å²) in [4.78, 5) is 14.6. The average molecular weight is 293 g/mol. The molecule has 0 spiro atoms. The van der Waals surface area contributed by atoms with Crippen LogP contribution in [0.15, 0.2) is 48.5 Å². The maximum absolute atomic E-state index is 12.7. The minimum absolute atomic E-state index is 0.117. The first kappa shape index (κ1) is 14.8. The van der Waals surface area contributed by atoms with Crippen LogP contribution in [0.3, 0.4) is 0 Å². The Morgan fingerprint density at radius 3 is 2.23 bits per heavy atom. The van der Waals surface area contributed by atoms with Crippen molar-refractivity contribution in [3.63, 3.8) is 0 Å². The molecule has 0 N–H and O–H groups in total. The van der Waals surface area contributed by atoms with Crippen molar-refractivity contribution < 1.29 is 4.79 Å². The zero-order chi connectivity index (χ0) is 15.7. The van der Waals surface area contributed by atoms with E-state index in [0.29, 0.717) is 0 Å². The summed E-state index contributed by atoms with van der Waals surface area (Å²) in [7, 11) is 0. The maximum Gasteiger partial charge on any atom is 0.254 e. The van der Waals surface area contributed by atoms with Crippen LogP contribution in [-0.4, -0.2) is 17.4 Å². The summed E-state index contributed by atoms with van der Waals surface area (Å²) in [6, 6.07) is 16.5. The first-order chi connectivity index (χ1) is 10.4. The SMILES string of the molecule is CC(C)(C)c1ccc(C(=O)N2CCc3ccccc3C2)cc1. The van der Waals surface area contributed by atoms with Gasteiger partial charge in [0.1, 0.15) is 0 Å². The smallest absolute Gasteiger partial charge is 0.254 e. The van der Waals surface area contributed by atoms with Gasteiger partial charge in [-0.15, -0.1) is 0 Å². The van der Waals surface area contributed by atoms with Crippen LogP contribution in [0, 0.1) is 0 Å². The minimum Gasteiger partial charge on any atom is -0.334 e. The summed E-state index contributed by atoms with van der Waals surface area (Å²) in [6.07, 6.45) is 0.946. The zero-order valence-corrected chi connectivity index (χ0v) is 13.6. The summed E-state index contributed by atoms with van der Waals surface area (Å²) >= 11 is 0. The summed E-state index contributed by atoms with van der Waals surface area (Å²) in [5.74, 6) is 0.134. The fourth-order valence-electron chi connectivity index (χ4n) is 2.96. The molecule has 2 aromatic carbocycles. The number of amides is 1. The minimum atomic E-state index is 0.117. The van der Waals surface area contributed by atoms with Crippen LogP contribution in [0.2, 0.25) is 0 Å². The third-order valence-corrected chi connectivity index (χ3v) is 4.42. The fraction of sp³-hybridized carbons (Fsp3) is 0.350. The number of hydrogen-bond acceptors (Lipinski definition) is 1. The molecule has 2 nitrogen and oxygen atoms in total. The predicted molar refractivity (Wildman–Crippen MR) is 90.0 cm³/mol. The lowest BCUT2D eigenvalue weighted by Crippen LogP contribution is -2.35. The average Bonchev–Trinajstić information content (AvgIpc) is 2.53. The monoisotopic (exact) mass is 293 g/mol. The van der Waals surface area contributed by atoms with Gasteiger partial charge >= 0.3 is 0 Å². The van der Waals surface area contributed by atoms with Crippen LogP contribution in [-0.2, 0) is 18.4 Å². The van der Waals surface area contributed by atoms with Gasteiger partial charge in [0.25, 0.3) is 5.91 Å². The lowest BCUT2D eigenvalue weighted by atomic mass is 9.86. The maximum atomic E-state index is 12.7. The van der Waals surface area contributed by atoms with E-state index in [0.717, 1.165) is 25.1 Å². The fourth-order valence-corrected chi connectivity index (χ4v) is 2.96. The summed E-state index contributed by atoms with van der Waals surface area (Å²) in [5.41, 5.74) is 4.80. The highest BCUT2D eigenvalue weighted by molar-refractivity contribution is 5.94. The Bertz CT molecular complexity index is 680. The van der Waals surface area contributed by atoms with E-state index < -0.39 is 0 Å². The van der Waals surface area contributed by atoms with E-state index in [2.05, 4.69) is 51.1 Å². The number of benzene rings is 2. The number of fused-ring (bicyclic) bond motifs is 1. The van der Waals surface area contributed by atoms with Crippen LogP contribution in [0.4, 0.5) is 0 Å². The molecule has 3 rings (SSSR count). The quantitative estimate of drug-likeness (QED) is 0.772. The molecule has 1 amide bonds. The molecule has 2 heteroatoms. The zero-order valence-electron chi connectivity index (χ0n) is 13.6. The molecule has 22 heavy (non-hydrogen) atoms. The van der Waals surface area contributed by atoms with E-state index in [1.165, 1.54) is 16.7 Å². The largest absolute Gasteiger partial charge is 0.334 e. The van der Waals surface area contributed by atoms with E-state index in [9.17, 15) is 4.79 Å². The normalized spacial score (nSPS) is 14.6. The van der Waals surface area contributed by atoms with E-state index in [1.54, 1.807) is 0 Å². The highest BCUT2D eigenvalue weighted by Crippen LogP contribution is 2.24. The predicted octanol–water partition coefficient (Wildman–Crippen LogP) is 4.18. The Kier molecular flexibility index (Phi) is 3.78. The molecule has 0 fully saturated rings. The van der Waals surface area contributed by atoms with Crippen molar-refractivity contribution in [1.82, 2.24) is 4.90 Å². The Labute approximate surface area is 132 Å². The van der Waals surface area contributed by atoms with Gasteiger partial charge < -0.3 is 4.90 Å². The van der Waals surface area contributed by atoms with E-state index in [-0.39, 0.29) is 11.3 Å². The number of carbonyl (C=O) groups excluding carboxylic acids is 1. The second-order valence-corrected chi connectivity index (χ2v) is 7.07. The lowest BCUT2D eigenvalue weighted by molar-refractivity contribution is 0.0734. The van der Waals surface area contributed by atoms with Gasteiger partial charge in [-0.2, -0.15) is 0 Å². The van der Waals surface area contributed by atoms with Crippen molar-refractivity contribution in [2.75, 3.05) is 6.54 Å². The van der Waals surface area contributed by atoms with Gasteiger partial charge in [-0.1, -0.05) is 57.2 Å². The van der Waals surface area contributed by atoms with Crippen LogP contribution >= 0.6 is 0 Å². The molecule has 114 valence electrons. The third-order valence-electron chi connectivity index (χ3n) is 4.42. The molecule has 0 bridgehead atoms. The second kappa shape index (κ2) is 5.60. The number of hydrogen-bond donors (Lipinski definition) is 0. The molecule has 0 aliphatic carbocycles. The van der Waals surface area contributed by atoms with Gasteiger partial charge in [-0.25, -0.2) is 0 Å². The Morgan fingerprint density at radius 2 is 1.59 bits per heavy atom. The van der Waals surface area contributed by atoms with Gasteiger partial charge in [0.15, 0.2) is 0 Å². The Hall–Kier alpha value is -2.09. The van der Waals surface area contributed by atoms with Gasteiger partial charge in [-0.3, -0.25) is 4.79 Å². The summed E-state index contributed by atoms with van der Waals surface area (Å²) < 4.78 is 0. The van der Waals surface area contributed by atoms with Gasteiger partial charge in [0, 0.05) is 18.7 Å². The van der Waals surface area contributed by atoms with Crippen molar-refractivity contribution in [3.05, 3.63) is 70.8 Å². The molecule has 0 radical (unpaired) electrons. The lowest BCUT2D eigenvalue weighted by Gasteiger charge is -2.29. The number of rotatable bonds is 1. The molecule has 0 aromatic heterocycles. The van der Waals surface area contributed by atoms with Gasteiger partial charge in [0.05, 0.1) is 0 Å². The van der Waals surface area contributed by atoms with Crippen LogP contribution in [0.5, 0.6) is 0 Å². The molecule has 1 heterocycles. The highest BCUT2D eigenvalue weighted by atomic mass is 16.2. The molecular formula is C20H23NO. The van der Waals surface area contributed by atoms with E-state index in [4.69, 9.17) is 0 Å². The van der Waals surface area contributed by atoms with Gasteiger partial charge in [0.2, 0.25) is 0 Å². The Balaban J connectivity index is 1.78. The molecule has 1 aliphatic heterocycles. The summed E-state index contributed by atoms with van der Waals surface area (Å²) in [6.45, 7) is 8.08. The molecule has 1 aliphatic rings. The molecule has 0 saturated heterocycles. The first-order valence-electron chi connectivity index (χ1n) is 7.92. The highest BCUT2D eigenvalue weighted by Gasteiger charge is 2.22. The van der Waals surface area contributed by atoms with Crippen molar-refractivity contribution in [1.29, 1.82) is 0 Å². The molecule has 0 atom stereocenters. The molecule has 0 saturated carbocycles. The van der Waals surface area contributed by atoms with Crippen molar-refractivity contribution in [2.24, 2.45) is 0 Å². The third kappa shape index (κ3) is 2.92. The first-order valence-corrected chi connectivity index (χ1v) is 7.92. The number of nitrogens with zero attached hydrogens (tertiary/aromatic N) is 1. The number of carbonyl (C=O) groups is 1. The van der Waals surface area contributed by atoms with Crippen LogP contribution in [0.1, 0.15) is 47.8 Å². The van der Waals surface area contributed by atoms with Crippen molar-refractivity contribution >= 4 is 5.91 Å². The van der Waals surface area contributed by atoms with Crippen LogP contribution in [0.25, 0.3) is 0 Å². The standard InChI is InChI=1S/C20H23NO/c1-20(2,3)18-10-8-16(9-11-18)19(22)21-13-12-15-6-4-5-7-17(15)14-21/h4-11H,12-14H2,1-3H3. The van der Waals surface area contributed by atoms with E-state index >= 15 is 0 Å². The van der Waals surface area contributed by atoms with Crippen LogP contribution < -0.4 is 0 Å². The summed E-state index contributed by atoms with van der Waals surface area (Å²) in [5, 5.41) is 0. The molecule has 0 unspecified atom stereocenters. The Morgan fingerprint density at radius 1 is 0.955 bits per heavy atom. The molecule has 2 aromatic rings.